The molecule has 5 N–H and O–H groups in total. The second-order valence-electron chi connectivity index (χ2n) is 7.00. The number of aliphatic hydroxyl groups excluding tert-OH is 4. The number of phenols is 1. The summed E-state index contributed by atoms with van der Waals surface area (Å²) in [7, 11) is 0. The minimum Gasteiger partial charge on any atom is -0.508 e. The zero-order valence-corrected chi connectivity index (χ0v) is 17.0. The number of nitrogens with zero attached hydrogens (tertiary/aromatic N) is 1. The molecule has 10 heteroatoms. The Bertz CT molecular complexity index is 1060. The molecule has 160 valence electrons. The topological polar surface area (TPSA) is 115 Å². The van der Waals surface area contributed by atoms with Gasteiger partial charge in [0.2, 0.25) is 0 Å². The molecule has 1 fully saturated rings. The largest absolute Gasteiger partial charge is 0.508 e. The van der Waals surface area contributed by atoms with E-state index < -0.39 is 43.1 Å². The predicted octanol–water partition coefficient (Wildman–Crippen LogP) is 2.26. The lowest BCUT2D eigenvalue weighted by molar-refractivity contribution is -0.250. The summed E-state index contributed by atoms with van der Waals surface area (Å²) in [5.74, 6) is -0.483. The summed E-state index contributed by atoms with van der Waals surface area (Å²) in [6.07, 6.45) is -5.37. The second kappa shape index (κ2) is 8.35. The van der Waals surface area contributed by atoms with Crippen LogP contribution in [0.15, 0.2) is 52.4 Å². The highest BCUT2D eigenvalue weighted by molar-refractivity contribution is 7.99. The lowest BCUT2D eigenvalue weighted by Gasteiger charge is -2.40. The SMILES string of the molecule is OC[C@H]1O[C@@H](n2cc(Sc3ccc(O)cc3)c3c(F)cc(Cl)cc32)[C@H](O)[C@@H](O)[C@@H]1O. The van der Waals surface area contributed by atoms with E-state index in [-0.39, 0.29) is 16.2 Å². The fourth-order valence-corrected chi connectivity index (χ4v) is 4.70. The molecule has 0 saturated carbocycles. The third-order valence-electron chi connectivity index (χ3n) is 5.02. The Balaban J connectivity index is 1.83. The van der Waals surface area contributed by atoms with Gasteiger partial charge in [-0.3, -0.25) is 0 Å². The maximum atomic E-state index is 14.8. The zero-order chi connectivity index (χ0) is 21.6. The Morgan fingerprint density at radius 1 is 1.07 bits per heavy atom. The molecule has 0 bridgehead atoms. The van der Waals surface area contributed by atoms with Crippen LogP contribution in [0.4, 0.5) is 4.39 Å². The minimum atomic E-state index is -1.57. The van der Waals surface area contributed by atoms with Crippen molar-refractivity contribution in [1.82, 2.24) is 4.57 Å². The quantitative estimate of drug-likeness (QED) is 0.410. The highest BCUT2D eigenvalue weighted by atomic mass is 35.5. The predicted molar refractivity (Wildman–Crippen MR) is 108 cm³/mol. The first-order valence-electron chi connectivity index (χ1n) is 9.07. The molecule has 2 heterocycles. The first kappa shape index (κ1) is 21.4. The number of benzene rings is 2. The van der Waals surface area contributed by atoms with Crippen LogP contribution >= 0.6 is 23.4 Å². The Hall–Kier alpha value is -1.85. The van der Waals surface area contributed by atoms with Crippen molar-refractivity contribution in [3.8, 4) is 5.75 Å². The van der Waals surface area contributed by atoms with Crippen LogP contribution in [-0.4, -0.2) is 61.1 Å². The molecule has 1 saturated heterocycles. The van der Waals surface area contributed by atoms with Crippen LogP contribution in [0.25, 0.3) is 10.9 Å². The second-order valence-corrected chi connectivity index (χ2v) is 8.55. The molecule has 3 aromatic rings. The molecule has 0 aliphatic carbocycles. The lowest BCUT2D eigenvalue weighted by Crippen LogP contribution is -2.56. The number of phenolic OH excluding ortho intramolecular Hbond substituents is 1. The number of ether oxygens (including phenoxy) is 1. The van der Waals surface area contributed by atoms with E-state index in [0.29, 0.717) is 10.4 Å². The molecule has 30 heavy (non-hydrogen) atoms. The van der Waals surface area contributed by atoms with Gasteiger partial charge >= 0.3 is 0 Å². The molecule has 2 aromatic carbocycles. The van der Waals surface area contributed by atoms with Crippen molar-refractivity contribution in [2.45, 2.75) is 40.4 Å². The van der Waals surface area contributed by atoms with Gasteiger partial charge in [-0.2, -0.15) is 0 Å². The summed E-state index contributed by atoms with van der Waals surface area (Å²) in [5, 5.41) is 50.0. The molecule has 0 amide bonds. The standard InChI is InChI=1S/C20H19ClFNO6S/c21-9-5-12(22)16-13(6-9)23(7-15(16)30-11-3-1-10(25)2-4-11)20-19(28)18(27)17(26)14(8-24)29-20/h1-7,14,17-20,24-28H,8H2/t14-,17-,18+,19-,20-/m1/s1. The first-order chi connectivity index (χ1) is 14.3. The van der Waals surface area contributed by atoms with E-state index in [2.05, 4.69) is 0 Å². The third-order valence-corrected chi connectivity index (χ3v) is 6.28. The van der Waals surface area contributed by atoms with Crippen molar-refractivity contribution >= 4 is 34.3 Å². The number of aromatic nitrogens is 1. The monoisotopic (exact) mass is 455 g/mol. The molecule has 4 rings (SSSR count). The highest BCUT2D eigenvalue weighted by Crippen LogP contribution is 2.41. The normalized spacial score (nSPS) is 26.9. The smallest absolute Gasteiger partial charge is 0.163 e. The highest BCUT2D eigenvalue weighted by Gasteiger charge is 2.44. The molecule has 5 atom stereocenters. The van der Waals surface area contributed by atoms with Crippen LogP contribution in [0, 0.1) is 5.82 Å². The van der Waals surface area contributed by atoms with Crippen LogP contribution in [0.3, 0.4) is 0 Å². The van der Waals surface area contributed by atoms with Crippen molar-refractivity contribution in [1.29, 1.82) is 0 Å². The summed E-state index contributed by atoms with van der Waals surface area (Å²) < 4.78 is 21.9. The fourth-order valence-electron chi connectivity index (χ4n) is 3.51. The molecular formula is C20H19ClFNO6S. The van der Waals surface area contributed by atoms with Crippen LogP contribution < -0.4 is 0 Å². The fraction of sp³-hybridized carbons (Fsp3) is 0.300. The van der Waals surface area contributed by atoms with E-state index >= 15 is 0 Å². The van der Waals surface area contributed by atoms with Gasteiger partial charge in [0.15, 0.2) is 6.23 Å². The van der Waals surface area contributed by atoms with Crippen molar-refractivity contribution in [2.75, 3.05) is 6.61 Å². The third kappa shape index (κ3) is 3.78. The Labute approximate surface area is 179 Å². The van der Waals surface area contributed by atoms with E-state index in [1.807, 2.05) is 0 Å². The van der Waals surface area contributed by atoms with Gasteiger partial charge in [-0.1, -0.05) is 23.4 Å². The van der Waals surface area contributed by atoms with E-state index in [4.69, 9.17) is 16.3 Å². The molecule has 0 radical (unpaired) electrons. The number of halogens is 2. The summed E-state index contributed by atoms with van der Waals surface area (Å²) in [4.78, 5) is 1.22. The number of hydrogen-bond donors (Lipinski definition) is 5. The van der Waals surface area contributed by atoms with Crippen LogP contribution in [0.2, 0.25) is 5.02 Å². The van der Waals surface area contributed by atoms with Crippen molar-refractivity contribution in [3.05, 3.63) is 53.4 Å². The molecule has 0 spiro atoms. The minimum absolute atomic E-state index is 0.0982. The molecule has 1 aromatic heterocycles. The van der Waals surface area contributed by atoms with Gasteiger partial charge < -0.3 is 34.8 Å². The maximum absolute atomic E-state index is 14.8. The summed E-state index contributed by atoms with van der Waals surface area (Å²) in [6, 6.07) is 9.03. The van der Waals surface area contributed by atoms with Gasteiger partial charge in [0, 0.05) is 26.4 Å². The van der Waals surface area contributed by atoms with E-state index in [1.165, 1.54) is 40.6 Å². The van der Waals surface area contributed by atoms with Crippen molar-refractivity contribution in [2.24, 2.45) is 0 Å². The first-order valence-corrected chi connectivity index (χ1v) is 10.3. The maximum Gasteiger partial charge on any atom is 0.163 e. The lowest BCUT2D eigenvalue weighted by atomic mass is 9.98. The Morgan fingerprint density at radius 2 is 1.77 bits per heavy atom. The molecule has 1 aliphatic heterocycles. The summed E-state index contributed by atoms with van der Waals surface area (Å²) in [5.41, 5.74) is 0.311. The van der Waals surface area contributed by atoms with Crippen molar-refractivity contribution in [3.63, 3.8) is 0 Å². The van der Waals surface area contributed by atoms with Gasteiger partial charge in [-0.05, 0) is 36.4 Å². The number of aromatic hydroxyl groups is 1. The summed E-state index contributed by atoms with van der Waals surface area (Å²) >= 11 is 7.27. The van der Waals surface area contributed by atoms with Gasteiger partial charge in [-0.15, -0.1) is 0 Å². The van der Waals surface area contributed by atoms with Gasteiger partial charge in [0.1, 0.15) is 36.0 Å². The average molecular weight is 456 g/mol. The van der Waals surface area contributed by atoms with E-state index in [0.717, 1.165) is 4.90 Å². The van der Waals surface area contributed by atoms with Crippen LogP contribution in [0.5, 0.6) is 5.75 Å². The van der Waals surface area contributed by atoms with Gasteiger partial charge in [0.05, 0.1) is 12.1 Å². The van der Waals surface area contributed by atoms with Gasteiger partial charge in [-0.25, -0.2) is 4.39 Å². The van der Waals surface area contributed by atoms with Crippen molar-refractivity contribution < 1.29 is 34.7 Å². The zero-order valence-electron chi connectivity index (χ0n) is 15.4. The number of hydrogen-bond acceptors (Lipinski definition) is 7. The van der Waals surface area contributed by atoms with Crippen LogP contribution in [0.1, 0.15) is 6.23 Å². The number of rotatable bonds is 4. The summed E-state index contributed by atoms with van der Waals surface area (Å²) in [6.45, 7) is -0.578. The number of aliphatic hydroxyl groups is 4. The van der Waals surface area contributed by atoms with Gasteiger partial charge in [0.25, 0.3) is 0 Å². The van der Waals surface area contributed by atoms with E-state index in [9.17, 15) is 29.9 Å². The molecular weight excluding hydrogens is 437 g/mol. The van der Waals surface area contributed by atoms with Crippen LogP contribution in [-0.2, 0) is 4.74 Å². The van der Waals surface area contributed by atoms with E-state index in [1.54, 1.807) is 18.3 Å². The number of fused-ring (bicyclic) bond motifs is 1. The molecule has 1 aliphatic rings. The average Bonchev–Trinajstić information content (AvgIpc) is 3.06. The Kier molecular flexibility index (Phi) is 5.95. The Morgan fingerprint density at radius 3 is 2.43 bits per heavy atom. The molecule has 0 unspecified atom stereocenters. The molecule has 7 nitrogen and oxygen atoms in total.